The molecule has 0 amide bonds. The van der Waals surface area contributed by atoms with E-state index in [9.17, 15) is 8.42 Å². The zero-order valence-corrected chi connectivity index (χ0v) is 13.1. The highest BCUT2D eigenvalue weighted by Gasteiger charge is 2.34. The highest BCUT2D eigenvalue weighted by atomic mass is 32.2. The van der Waals surface area contributed by atoms with Gasteiger partial charge in [-0.15, -0.1) is 0 Å². The zero-order chi connectivity index (χ0) is 15.0. The minimum atomic E-state index is -3.52. The number of sulfonamides is 1. The van der Waals surface area contributed by atoms with Gasteiger partial charge in [-0.05, 0) is 37.0 Å². The summed E-state index contributed by atoms with van der Waals surface area (Å²) in [4.78, 5) is 0.327. The van der Waals surface area contributed by atoms with Crippen molar-refractivity contribution in [2.75, 3.05) is 6.54 Å². The van der Waals surface area contributed by atoms with E-state index in [1.54, 1.807) is 18.2 Å². The predicted molar refractivity (Wildman–Crippen MR) is 81.7 cm³/mol. The van der Waals surface area contributed by atoms with E-state index in [-0.39, 0.29) is 5.41 Å². The summed E-state index contributed by atoms with van der Waals surface area (Å²) in [6, 6.07) is 6.96. The van der Waals surface area contributed by atoms with Crippen molar-refractivity contribution in [3.63, 3.8) is 0 Å². The minimum Gasteiger partial charge on any atom is -0.266 e. The Kier molecular flexibility index (Phi) is 3.78. The fourth-order valence-electron chi connectivity index (χ4n) is 2.27. The van der Waals surface area contributed by atoms with Crippen LogP contribution in [0.4, 0.5) is 0 Å². The van der Waals surface area contributed by atoms with Crippen molar-refractivity contribution >= 4 is 10.0 Å². The third kappa shape index (κ3) is 2.80. The maximum Gasteiger partial charge on any atom is 0.264 e. The molecule has 1 aliphatic heterocycles. The molecule has 0 fully saturated rings. The molecule has 0 N–H and O–H groups in total. The lowest BCUT2D eigenvalue weighted by atomic mass is 9.86. The van der Waals surface area contributed by atoms with E-state index in [1.807, 2.05) is 25.1 Å². The second kappa shape index (κ2) is 5.09. The van der Waals surface area contributed by atoms with Gasteiger partial charge in [0, 0.05) is 12.2 Å². The first-order valence-electron chi connectivity index (χ1n) is 6.68. The standard InChI is InChI=1S/C16H21NO2S/c1-5-14-10-11-16(3,4)12-17(14)20(18,19)15-8-6-13(2)7-9-15/h5-10H,1,11-12H2,2-4H3. The molecule has 0 bridgehead atoms. The van der Waals surface area contributed by atoms with E-state index in [0.29, 0.717) is 17.1 Å². The summed E-state index contributed by atoms with van der Waals surface area (Å²) in [5.74, 6) is 0. The maximum atomic E-state index is 12.8. The van der Waals surface area contributed by atoms with Gasteiger partial charge < -0.3 is 0 Å². The van der Waals surface area contributed by atoms with Crippen LogP contribution in [0.15, 0.2) is 53.6 Å². The first-order valence-corrected chi connectivity index (χ1v) is 8.12. The molecule has 0 aromatic heterocycles. The Morgan fingerprint density at radius 3 is 2.40 bits per heavy atom. The highest BCUT2D eigenvalue weighted by Crippen LogP contribution is 2.34. The van der Waals surface area contributed by atoms with Crippen LogP contribution in [0.1, 0.15) is 25.8 Å². The Bertz CT molecular complexity index is 640. The van der Waals surface area contributed by atoms with Gasteiger partial charge in [0.2, 0.25) is 0 Å². The fraction of sp³-hybridized carbons (Fsp3) is 0.375. The summed E-state index contributed by atoms with van der Waals surface area (Å²) in [6.45, 7) is 10.3. The Hall–Kier alpha value is -1.55. The van der Waals surface area contributed by atoms with Crippen molar-refractivity contribution in [1.82, 2.24) is 4.31 Å². The molecular formula is C16H21NO2S. The monoisotopic (exact) mass is 291 g/mol. The van der Waals surface area contributed by atoms with E-state index >= 15 is 0 Å². The zero-order valence-electron chi connectivity index (χ0n) is 12.3. The fourth-order valence-corrected chi connectivity index (χ4v) is 3.95. The first kappa shape index (κ1) is 14.9. The van der Waals surface area contributed by atoms with Crippen molar-refractivity contribution in [2.45, 2.75) is 32.1 Å². The lowest BCUT2D eigenvalue weighted by molar-refractivity contribution is 0.272. The van der Waals surface area contributed by atoms with E-state index in [0.717, 1.165) is 12.0 Å². The third-order valence-electron chi connectivity index (χ3n) is 3.54. The lowest BCUT2D eigenvalue weighted by Crippen LogP contribution is -2.40. The van der Waals surface area contributed by atoms with Gasteiger partial charge in [0.15, 0.2) is 0 Å². The summed E-state index contributed by atoms with van der Waals surface area (Å²) in [5.41, 5.74) is 1.65. The van der Waals surface area contributed by atoms with Gasteiger partial charge in [-0.2, -0.15) is 0 Å². The van der Waals surface area contributed by atoms with Crippen LogP contribution in [0, 0.1) is 12.3 Å². The summed E-state index contributed by atoms with van der Waals surface area (Å²) >= 11 is 0. The van der Waals surface area contributed by atoms with Gasteiger partial charge in [-0.1, -0.05) is 44.2 Å². The van der Waals surface area contributed by atoms with Crippen molar-refractivity contribution in [3.05, 3.63) is 54.3 Å². The quantitative estimate of drug-likeness (QED) is 0.855. The van der Waals surface area contributed by atoms with E-state index in [2.05, 4.69) is 20.4 Å². The number of aryl methyl sites for hydroxylation is 1. The molecule has 0 atom stereocenters. The van der Waals surface area contributed by atoms with Crippen LogP contribution in [0.3, 0.4) is 0 Å². The largest absolute Gasteiger partial charge is 0.266 e. The Balaban J connectivity index is 2.46. The molecule has 0 saturated carbocycles. The first-order chi connectivity index (χ1) is 9.26. The van der Waals surface area contributed by atoms with Crippen molar-refractivity contribution in [1.29, 1.82) is 0 Å². The Morgan fingerprint density at radius 2 is 1.85 bits per heavy atom. The molecule has 1 heterocycles. The predicted octanol–water partition coefficient (Wildman–Crippen LogP) is 3.49. The number of rotatable bonds is 3. The van der Waals surface area contributed by atoms with Crippen molar-refractivity contribution in [2.24, 2.45) is 5.41 Å². The van der Waals surface area contributed by atoms with Gasteiger partial charge in [0.25, 0.3) is 10.0 Å². The molecule has 1 aromatic rings. The molecule has 108 valence electrons. The van der Waals surface area contributed by atoms with Gasteiger partial charge in [0.1, 0.15) is 0 Å². The molecule has 0 saturated heterocycles. The van der Waals surface area contributed by atoms with Gasteiger partial charge in [-0.25, -0.2) is 8.42 Å². The van der Waals surface area contributed by atoms with Crippen LogP contribution in [-0.4, -0.2) is 19.3 Å². The molecule has 1 aliphatic rings. The highest BCUT2D eigenvalue weighted by molar-refractivity contribution is 7.89. The molecular weight excluding hydrogens is 270 g/mol. The number of benzene rings is 1. The molecule has 4 heteroatoms. The third-order valence-corrected chi connectivity index (χ3v) is 5.33. The molecule has 0 unspecified atom stereocenters. The molecule has 3 nitrogen and oxygen atoms in total. The van der Waals surface area contributed by atoms with Crippen LogP contribution in [0.5, 0.6) is 0 Å². The van der Waals surface area contributed by atoms with Gasteiger partial charge in [-0.3, -0.25) is 4.31 Å². The van der Waals surface area contributed by atoms with Crippen LogP contribution in [0.2, 0.25) is 0 Å². The number of allylic oxidation sites excluding steroid dienone is 2. The van der Waals surface area contributed by atoms with Crippen LogP contribution < -0.4 is 0 Å². The summed E-state index contributed by atoms with van der Waals surface area (Å²) in [7, 11) is -3.52. The summed E-state index contributed by atoms with van der Waals surface area (Å²) in [6.07, 6.45) is 4.41. The maximum absolute atomic E-state index is 12.8. The normalized spacial score (nSPS) is 18.6. The van der Waals surface area contributed by atoms with Crippen LogP contribution in [0.25, 0.3) is 0 Å². The summed E-state index contributed by atoms with van der Waals surface area (Å²) in [5, 5.41) is 0. The van der Waals surface area contributed by atoms with Gasteiger partial charge >= 0.3 is 0 Å². The van der Waals surface area contributed by atoms with Crippen molar-refractivity contribution in [3.8, 4) is 0 Å². The van der Waals surface area contributed by atoms with Crippen LogP contribution in [-0.2, 0) is 10.0 Å². The number of hydrogen-bond acceptors (Lipinski definition) is 2. The topological polar surface area (TPSA) is 37.4 Å². The van der Waals surface area contributed by atoms with E-state index in [4.69, 9.17) is 0 Å². The molecule has 2 rings (SSSR count). The molecule has 0 aliphatic carbocycles. The van der Waals surface area contributed by atoms with E-state index in [1.165, 1.54) is 4.31 Å². The molecule has 1 aromatic carbocycles. The Morgan fingerprint density at radius 1 is 1.25 bits per heavy atom. The summed E-state index contributed by atoms with van der Waals surface area (Å²) < 4.78 is 27.1. The number of hydrogen-bond donors (Lipinski definition) is 0. The second-order valence-electron chi connectivity index (χ2n) is 6.03. The number of nitrogens with zero attached hydrogens (tertiary/aromatic N) is 1. The van der Waals surface area contributed by atoms with E-state index < -0.39 is 10.0 Å². The smallest absolute Gasteiger partial charge is 0.264 e. The van der Waals surface area contributed by atoms with Crippen LogP contribution >= 0.6 is 0 Å². The Labute approximate surface area is 121 Å². The average Bonchev–Trinajstić information content (AvgIpc) is 2.38. The lowest BCUT2D eigenvalue weighted by Gasteiger charge is -2.37. The molecule has 0 radical (unpaired) electrons. The molecule has 0 spiro atoms. The molecule has 20 heavy (non-hydrogen) atoms. The van der Waals surface area contributed by atoms with Gasteiger partial charge in [0.05, 0.1) is 4.90 Å². The van der Waals surface area contributed by atoms with Crippen molar-refractivity contribution < 1.29 is 8.42 Å². The second-order valence-corrected chi connectivity index (χ2v) is 7.89. The minimum absolute atomic E-state index is 0.0652. The SMILES string of the molecule is C=CC1=CCC(C)(C)CN1S(=O)(=O)c1ccc(C)cc1. The average molecular weight is 291 g/mol.